The van der Waals surface area contributed by atoms with Crippen LogP contribution in [0.2, 0.25) is 0 Å². The van der Waals surface area contributed by atoms with E-state index in [0.29, 0.717) is 11.8 Å². The molecule has 3 nitrogen and oxygen atoms in total. The molecule has 18 heavy (non-hydrogen) atoms. The minimum Gasteiger partial charge on any atom is -0.326 e. The summed E-state index contributed by atoms with van der Waals surface area (Å²) in [5.74, 6) is 1.99. The van der Waals surface area contributed by atoms with Crippen molar-refractivity contribution in [3.63, 3.8) is 0 Å². The van der Waals surface area contributed by atoms with Crippen LogP contribution in [0.4, 0.5) is 0 Å². The predicted octanol–water partition coefficient (Wildman–Crippen LogP) is 3.35. The molecule has 1 aromatic heterocycles. The highest BCUT2D eigenvalue weighted by Gasteiger charge is 2.19. The number of imidazole rings is 1. The van der Waals surface area contributed by atoms with E-state index in [1.165, 1.54) is 5.52 Å². The number of hydrogen-bond donors (Lipinski definition) is 1. The lowest BCUT2D eigenvalue weighted by Gasteiger charge is -2.18. The second kappa shape index (κ2) is 5.11. The summed E-state index contributed by atoms with van der Waals surface area (Å²) in [4.78, 5) is 4.72. The van der Waals surface area contributed by atoms with Crippen LogP contribution in [0.15, 0.2) is 24.3 Å². The SMILES string of the molecule is CC(C)Cn1c([C@@H](N)C(C)C)nc2ccccc21. The van der Waals surface area contributed by atoms with Gasteiger partial charge < -0.3 is 10.3 Å². The molecule has 0 aliphatic carbocycles. The van der Waals surface area contributed by atoms with E-state index in [-0.39, 0.29) is 6.04 Å². The van der Waals surface area contributed by atoms with Crippen molar-refractivity contribution in [1.82, 2.24) is 9.55 Å². The van der Waals surface area contributed by atoms with Crippen LogP contribution in [0, 0.1) is 11.8 Å². The van der Waals surface area contributed by atoms with E-state index in [2.05, 4.69) is 50.5 Å². The lowest BCUT2D eigenvalue weighted by Crippen LogP contribution is -2.22. The molecule has 98 valence electrons. The first kappa shape index (κ1) is 13.1. The van der Waals surface area contributed by atoms with Crippen LogP contribution in [-0.2, 0) is 6.54 Å². The smallest absolute Gasteiger partial charge is 0.127 e. The Morgan fingerprint density at radius 1 is 1.17 bits per heavy atom. The van der Waals surface area contributed by atoms with Crippen LogP contribution in [0.25, 0.3) is 11.0 Å². The molecular formula is C15H23N3. The summed E-state index contributed by atoms with van der Waals surface area (Å²) in [5, 5.41) is 0. The van der Waals surface area contributed by atoms with Crippen molar-refractivity contribution in [2.45, 2.75) is 40.3 Å². The maximum atomic E-state index is 6.29. The van der Waals surface area contributed by atoms with Crippen molar-refractivity contribution in [2.24, 2.45) is 17.6 Å². The molecule has 0 unspecified atom stereocenters. The van der Waals surface area contributed by atoms with Crippen LogP contribution < -0.4 is 5.73 Å². The van der Waals surface area contributed by atoms with Gasteiger partial charge in [-0.3, -0.25) is 0 Å². The third-order valence-electron chi connectivity index (χ3n) is 3.25. The second-order valence-corrected chi connectivity index (χ2v) is 5.73. The third-order valence-corrected chi connectivity index (χ3v) is 3.25. The van der Waals surface area contributed by atoms with E-state index >= 15 is 0 Å². The highest BCUT2D eigenvalue weighted by molar-refractivity contribution is 5.76. The maximum Gasteiger partial charge on any atom is 0.127 e. The fourth-order valence-electron chi connectivity index (χ4n) is 2.20. The molecule has 0 aliphatic heterocycles. The summed E-state index contributed by atoms with van der Waals surface area (Å²) in [6.45, 7) is 9.70. The molecule has 0 saturated heterocycles. The molecule has 0 fully saturated rings. The Balaban J connectivity index is 2.56. The number of rotatable bonds is 4. The van der Waals surface area contributed by atoms with E-state index in [0.717, 1.165) is 17.9 Å². The predicted molar refractivity (Wildman–Crippen MR) is 76.3 cm³/mol. The highest BCUT2D eigenvalue weighted by Crippen LogP contribution is 2.24. The average molecular weight is 245 g/mol. The number of nitrogens with two attached hydrogens (primary N) is 1. The van der Waals surface area contributed by atoms with Crippen LogP contribution in [-0.4, -0.2) is 9.55 Å². The molecule has 0 bridgehead atoms. The summed E-state index contributed by atoms with van der Waals surface area (Å²) in [7, 11) is 0. The van der Waals surface area contributed by atoms with Gasteiger partial charge >= 0.3 is 0 Å². The summed E-state index contributed by atoms with van der Waals surface area (Å²) < 4.78 is 2.28. The van der Waals surface area contributed by atoms with Crippen LogP contribution >= 0.6 is 0 Å². The van der Waals surface area contributed by atoms with E-state index in [9.17, 15) is 0 Å². The molecule has 3 heteroatoms. The Labute approximate surface area is 109 Å². The summed E-state index contributed by atoms with van der Waals surface area (Å²) in [5.41, 5.74) is 8.53. The molecule has 1 aromatic carbocycles. The zero-order valence-corrected chi connectivity index (χ0v) is 11.7. The minimum absolute atomic E-state index is 0.00356. The zero-order valence-electron chi connectivity index (χ0n) is 11.7. The highest BCUT2D eigenvalue weighted by atomic mass is 15.1. The van der Waals surface area contributed by atoms with Crippen LogP contribution in [0.5, 0.6) is 0 Å². The molecule has 1 atom stereocenters. The molecule has 2 N–H and O–H groups in total. The molecular weight excluding hydrogens is 222 g/mol. The van der Waals surface area contributed by atoms with Crippen molar-refractivity contribution in [3.05, 3.63) is 30.1 Å². The average Bonchev–Trinajstić information content (AvgIpc) is 2.66. The lowest BCUT2D eigenvalue weighted by molar-refractivity contribution is 0.443. The molecule has 0 amide bonds. The van der Waals surface area contributed by atoms with E-state index in [1.54, 1.807) is 0 Å². The number of benzene rings is 1. The molecule has 0 spiro atoms. The summed E-state index contributed by atoms with van der Waals surface area (Å²) >= 11 is 0. The fraction of sp³-hybridized carbons (Fsp3) is 0.533. The first-order valence-corrected chi connectivity index (χ1v) is 6.71. The quantitative estimate of drug-likeness (QED) is 0.897. The van der Waals surface area contributed by atoms with Gasteiger partial charge in [-0.05, 0) is 24.0 Å². The molecule has 2 aromatic rings. The Morgan fingerprint density at radius 3 is 2.44 bits per heavy atom. The van der Waals surface area contributed by atoms with Crippen molar-refractivity contribution < 1.29 is 0 Å². The van der Waals surface area contributed by atoms with Gasteiger partial charge in [0, 0.05) is 6.54 Å². The van der Waals surface area contributed by atoms with E-state index in [1.807, 2.05) is 6.07 Å². The van der Waals surface area contributed by atoms with Crippen molar-refractivity contribution in [2.75, 3.05) is 0 Å². The largest absolute Gasteiger partial charge is 0.326 e. The number of fused-ring (bicyclic) bond motifs is 1. The first-order valence-electron chi connectivity index (χ1n) is 6.71. The minimum atomic E-state index is -0.00356. The van der Waals surface area contributed by atoms with Gasteiger partial charge in [0.1, 0.15) is 5.82 Å². The molecule has 0 radical (unpaired) electrons. The topological polar surface area (TPSA) is 43.8 Å². The Kier molecular flexibility index (Phi) is 3.71. The van der Waals surface area contributed by atoms with Gasteiger partial charge in [-0.25, -0.2) is 4.98 Å². The van der Waals surface area contributed by atoms with Gasteiger partial charge in [0.05, 0.1) is 17.1 Å². The Morgan fingerprint density at radius 2 is 1.83 bits per heavy atom. The van der Waals surface area contributed by atoms with Gasteiger partial charge in [0.25, 0.3) is 0 Å². The summed E-state index contributed by atoms with van der Waals surface area (Å²) in [6.07, 6.45) is 0. The van der Waals surface area contributed by atoms with Gasteiger partial charge in [0.2, 0.25) is 0 Å². The van der Waals surface area contributed by atoms with Crippen molar-refractivity contribution >= 4 is 11.0 Å². The molecule has 1 heterocycles. The Hall–Kier alpha value is -1.35. The third kappa shape index (κ3) is 2.41. The maximum absolute atomic E-state index is 6.29. The number of nitrogens with zero attached hydrogens (tertiary/aromatic N) is 2. The van der Waals surface area contributed by atoms with Gasteiger partial charge in [-0.2, -0.15) is 0 Å². The first-order chi connectivity index (χ1) is 8.50. The number of hydrogen-bond acceptors (Lipinski definition) is 2. The van der Waals surface area contributed by atoms with Crippen LogP contribution in [0.1, 0.15) is 39.6 Å². The molecule has 2 rings (SSSR count). The van der Waals surface area contributed by atoms with Gasteiger partial charge in [-0.1, -0.05) is 39.8 Å². The molecule has 0 aliphatic rings. The van der Waals surface area contributed by atoms with E-state index < -0.39 is 0 Å². The number of aromatic nitrogens is 2. The monoisotopic (exact) mass is 245 g/mol. The zero-order chi connectivity index (χ0) is 13.3. The van der Waals surface area contributed by atoms with Crippen molar-refractivity contribution in [1.29, 1.82) is 0 Å². The van der Waals surface area contributed by atoms with Crippen LogP contribution in [0.3, 0.4) is 0 Å². The van der Waals surface area contributed by atoms with E-state index in [4.69, 9.17) is 10.7 Å². The Bertz CT molecular complexity index is 526. The summed E-state index contributed by atoms with van der Waals surface area (Å²) in [6, 6.07) is 8.27. The standard InChI is InChI=1S/C15H23N3/c1-10(2)9-18-13-8-6-5-7-12(13)17-15(18)14(16)11(3)4/h5-8,10-11,14H,9,16H2,1-4H3/t14-/m0/s1. The lowest BCUT2D eigenvalue weighted by atomic mass is 10.0. The van der Waals surface area contributed by atoms with Gasteiger partial charge in [-0.15, -0.1) is 0 Å². The van der Waals surface area contributed by atoms with Crippen molar-refractivity contribution in [3.8, 4) is 0 Å². The second-order valence-electron chi connectivity index (χ2n) is 5.73. The van der Waals surface area contributed by atoms with Gasteiger partial charge in [0.15, 0.2) is 0 Å². The number of para-hydroxylation sites is 2. The molecule has 0 saturated carbocycles. The normalized spacial score (nSPS) is 13.7. The fourth-order valence-corrected chi connectivity index (χ4v) is 2.20.